The normalized spacial score (nSPS) is 10.0. The van der Waals surface area contributed by atoms with Crippen molar-refractivity contribution in [2.24, 2.45) is 0 Å². The van der Waals surface area contributed by atoms with E-state index in [1.165, 1.54) is 0 Å². The Balaban J connectivity index is 1.73. The average molecular weight is 296 g/mol. The van der Waals surface area contributed by atoms with Crippen molar-refractivity contribution in [3.05, 3.63) is 72.8 Å². The van der Waals surface area contributed by atoms with Gasteiger partial charge in [-0.25, -0.2) is 0 Å². The fourth-order valence-electron chi connectivity index (χ4n) is 1.91. The molecule has 0 aromatic heterocycles. The van der Waals surface area contributed by atoms with Crippen LogP contribution in [0, 0.1) is 0 Å². The van der Waals surface area contributed by atoms with Gasteiger partial charge in [0, 0.05) is 12.2 Å². The molecule has 0 fully saturated rings. The monoisotopic (exact) mass is 296 g/mol. The van der Waals surface area contributed by atoms with Crippen LogP contribution in [0.25, 0.3) is 0 Å². The Bertz CT molecular complexity index is 594. The summed E-state index contributed by atoms with van der Waals surface area (Å²) in [5, 5.41) is 5.95. The smallest absolute Gasteiger partial charge is 0.238 e. The second-order valence-electron chi connectivity index (χ2n) is 4.76. The minimum Gasteiger partial charge on any atom is -0.490 e. The predicted molar refractivity (Wildman–Crippen MR) is 88.9 cm³/mol. The van der Waals surface area contributed by atoms with E-state index in [4.69, 9.17) is 4.74 Å². The minimum atomic E-state index is -0.0734. The molecule has 0 radical (unpaired) electrons. The van der Waals surface area contributed by atoms with Crippen LogP contribution >= 0.6 is 0 Å². The van der Waals surface area contributed by atoms with Crippen LogP contribution in [-0.4, -0.2) is 19.1 Å². The molecule has 1 amide bonds. The molecule has 0 aliphatic heterocycles. The second-order valence-corrected chi connectivity index (χ2v) is 4.76. The van der Waals surface area contributed by atoms with Gasteiger partial charge in [-0.3, -0.25) is 4.79 Å². The molecule has 0 atom stereocenters. The van der Waals surface area contributed by atoms with Gasteiger partial charge in [0.2, 0.25) is 5.91 Å². The number of ether oxygens (including phenoxy) is 1. The predicted octanol–water partition coefficient (Wildman–Crippen LogP) is 2.98. The van der Waals surface area contributed by atoms with Gasteiger partial charge in [-0.1, -0.05) is 43.0 Å². The zero-order valence-electron chi connectivity index (χ0n) is 12.4. The van der Waals surface area contributed by atoms with E-state index in [9.17, 15) is 4.79 Å². The fourth-order valence-corrected chi connectivity index (χ4v) is 1.91. The summed E-state index contributed by atoms with van der Waals surface area (Å²) < 4.78 is 5.39. The van der Waals surface area contributed by atoms with Crippen LogP contribution in [0.1, 0.15) is 5.56 Å². The third kappa shape index (κ3) is 5.42. The summed E-state index contributed by atoms with van der Waals surface area (Å²) in [6, 6.07) is 17.2. The van der Waals surface area contributed by atoms with Gasteiger partial charge in [0.15, 0.2) is 0 Å². The van der Waals surface area contributed by atoms with E-state index < -0.39 is 0 Å². The molecule has 2 rings (SSSR count). The molecule has 0 saturated heterocycles. The Morgan fingerprint density at radius 2 is 1.82 bits per heavy atom. The molecule has 0 aliphatic carbocycles. The van der Waals surface area contributed by atoms with Crippen LogP contribution in [0.15, 0.2) is 67.3 Å². The first-order valence-electron chi connectivity index (χ1n) is 7.16. The minimum absolute atomic E-state index is 0.0734. The molecular formula is C18H20N2O2. The van der Waals surface area contributed by atoms with Crippen molar-refractivity contribution < 1.29 is 9.53 Å². The van der Waals surface area contributed by atoms with E-state index >= 15 is 0 Å². The third-order valence-electron chi connectivity index (χ3n) is 2.96. The molecule has 22 heavy (non-hydrogen) atoms. The number of nitrogens with one attached hydrogen (secondary N) is 2. The number of hydrogen-bond donors (Lipinski definition) is 2. The quantitative estimate of drug-likeness (QED) is 0.736. The molecular weight excluding hydrogens is 276 g/mol. The SMILES string of the molecule is C=CCOc1ccc(NC(=O)CNCc2ccccc2)cc1. The van der Waals surface area contributed by atoms with Crippen LogP contribution < -0.4 is 15.4 Å². The largest absolute Gasteiger partial charge is 0.490 e. The van der Waals surface area contributed by atoms with Gasteiger partial charge >= 0.3 is 0 Å². The van der Waals surface area contributed by atoms with E-state index in [1.807, 2.05) is 54.6 Å². The number of hydrogen-bond acceptors (Lipinski definition) is 3. The number of rotatable bonds is 8. The lowest BCUT2D eigenvalue weighted by molar-refractivity contribution is -0.115. The molecule has 4 heteroatoms. The molecule has 0 saturated carbocycles. The van der Waals surface area contributed by atoms with Crippen molar-refractivity contribution in [1.29, 1.82) is 0 Å². The van der Waals surface area contributed by atoms with Gasteiger partial charge in [0.05, 0.1) is 6.54 Å². The first kappa shape index (κ1) is 15.8. The molecule has 0 spiro atoms. The summed E-state index contributed by atoms with van der Waals surface area (Å²) in [4.78, 5) is 11.8. The lowest BCUT2D eigenvalue weighted by Gasteiger charge is -2.08. The standard InChI is InChI=1S/C18H20N2O2/c1-2-12-22-17-10-8-16(9-11-17)20-18(21)14-19-13-15-6-4-3-5-7-15/h2-11,19H,1,12-14H2,(H,20,21). The second kappa shape index (κ2) is 8.64. The topological polar surface area (TPSA) is 50.4 Å². The van der Waals surface area contributed by atoms with Gasteiger partial charge in [0.1, 0.15) is 12.4 Å². The maximum absolute atomic E-state index is 11.8. The Morgan fingerprint density at radius 3 is 2.50 bits per heavy atom. The van der Waals surface area contributed by atoms with E-state index in [0.717, 1.165) is 17.0 Å². The summed E-state index contributed by atoms with van der Waals surface area (Å²) >= 11 is 0. The van der Waals surface area contributed by atoms with Crippen molar-refractivity contribution in [2.45, 2.75) is 6.54 Å². The van der Waals surface area contributed by atoms with Crippen molar-refractivity contribution in [3.63, 3.8) is 0 Å². The first-order chi connectivity index (χ1) is 10.8. The van der Waals surface area contributed by atoms with Gasteiger partial charge in [0.25, 0.3) is 0 Å². The van der Waals surface area contributed by atoms with Gasteiger partial charge < -0.3 is 15.4 Å². The molecule has 0 bridgehead atoms. The van der Waals surface area contributed by atoms with Crippen LogP contribution in [0.2, 0.25) is 0 Å². The lowest BCUT2D eigenvalue weighted by atomic mass is 10.2. The molecule has 0 unspecified atom stereocenters. The number of carbonyl (C=O) groups is 1. The van der Waals surface area contributed by atoms with Crippen molar-refractivity contribution >= 4 is 11.6 Å². The molecule has 114 valence electrons. The Kier molecular flexibility index (Phi) is 6.20. The van der Waals surface area contributed by atoms with E-state index in [-0.39, 0.29) is 12.5 Å². The summed E-state index contributed by atoms with van der Waals surface area (Å²) in [6.07, 6.45) is 1.69. The Labute approximate surface area is 130 Å². The summed E-state index contributed by atoms with van der Waals surface area (Å²) in [5.74, 6) is 0.677. The van der Waals surface area contributed by atoms with Crippen LogP contribution in [-0.2, 0) is 11.3 Å². The highest BCUT2D eigenvalue weighted by molar-refractivity contribution is 5.92. The van der Waals surface area contributed by atoms with E-state index in [2.05, 4.69) is 17.2 Å². The zero-order chi connectivity index (χ0) is 15.6. The molecule has 2 aromatic carbocycles. The highest BCUT2D eigenvalue weighted by atomic mass is 16.5. The van der Waals surface area contributed by atoms with Gasteiger partial charge in [-0.15, -0.1) is 0 Å². The number of anilines is 1. The summed E-state index contributed by atoms with van der Waals surface area (Å²) in [5.41, 5.74) is 1.90. The first-order valence-corrected chi connectivity index (χ1v) is 7.16. The number of benzene rings is 2. The third-order valence-corrected chi connectivity index (χ3v) is 2.96. The summed E-state index contributed by atoms with van der Waals surface area (Å²) in [7, 11) is 0. The van der Waals surface area contributed by atoms with Crippen molar-refractivity contribution in [3.8, 4) is 5.75 Å². The number of amides is 1. The highest BCUT2D eigenvalue weighted by Crippen LogP contribution is 2.15. The van der Waals surface area contributed by atoms with E-state index in [0.29, 0.717) is 13.2 Å². The Hall–Kier alpha value is -2.59. The molecule has 0 heterocycles. The molecule has 4 nitrogen and oxygen atoms in total. The van der Waals surface area contributed by atoms with Crippen molar-refractivity contribution in [1.82, 2.24) is 5.32 Å². The zero-order valence-corrected chi connectivity index (χ0v) is 12.4. The Morgan fingerprint density at radius 1 is 1.09 bits per heavy atom. The average Bonchev–Trinajstić information content (AvgIpc) is 2.55. The van der Waals surface area contributed by atoms with E-state index in [1.54, 1.807) is 6.08 Å². The van der Waals surface area contributed by atoms with Crippen molar-refractivity contribution in [2.75, 3.05) is 18.5 Å². The van der Waals surface area contributed by atoms with Crippen LogP contribution in [0.5, 0.6) is 5.75 Å². The maximum atomic E-state index is 11.8. The fraction of sp³-hybridized carbons (Fsp3) is 0.167. The highest BCUT2D eigenvalue weighted by Gasteiger charge is 2.02. The van der Waals surface area contributed by atoms with Crippen LogP contribution in [0.4, 0.5) is 5.69 Å². The van der Waals surface area contributed by atoms with Gasteiger partial charge in [-0.05, 0) is 29.8 Å². The maximum Gasteiger partial charge on any atom is 0.238 e. The molecule has 2 aromatic rings. The summed E-state index contributed by atoms with van der Waals surface area (Å²) in [6.45, 7) is 5.00. The lowest BCUT2D eigenvalue weighted by Crippen LogP contribution is -2.27. The molecule has 2 N–H and O–H groups in total. The molecule has 0 aliphatic rings. The van der Waals surface area contributed by atoms with Crippen LogP contribution in [0.3, 0.4) is 0 Å². The number of carbonyl (C=O) groups excluding carboxylic acids is 1. The van der Waals surface area contributed by atoms with Gasteiger partial charge in [-0.2, -0.15) is 0 Å².